The Kier molecular flexibility index (Phi) is 1.89. The lowest BCUT2D eigenvalue weighted by atomic mass is 9.93. The van der Waals surface area contributed by atoms with Crippen LogP contribution in [0.15, 0.2) is 11.6 Å². The van der Waals surface area contributed by atoms with Crippen molar-refractivity contribution in [3.63, 3.8) is 0 Å². The molecule has 2 aromatic heterocycles. The first-order chi connectivity index (χ1) is 6.00. The van der Waals surface area contributed by atoms with Crippen molar-refractivity contribution in [2.45, 2.75) is 26.2 Å². The van der Waals surface area contributed by atoms with Crippen molar-refractivity contribution >= 4 is 27.9 Å². The molecule has 2 heterocycles. The van der Waals surface area contributed by atoms with Crippen LogP contribution in [0.2, 0.25) is 5.15 Å². The van der Waals surface area contributed by atoms with E-state index in [2.05, 4.69) is 30.2 Å². The molecule has 0 aliphatic rings. The number of halogens is 1. The molecule has 70 valence electrons. The molecular weight excluding hydrogens is 204 g/mol. The summed E-state index contributed by atoms with van der Waals surface area (Å²) in [4.78, 5) is 5.25. The summed E-state index contributed by atoms with van der Waals surface area (Å²) in [5, 5.41) is 2.65. The molecule has 2 aromatic rings. The molecule has 2 nitrogen and oxygen atoms in total. The van der Waals surface area contributed by atoms with Gasteiger partial charge in [0.2, 0.25) is 0 Å². The molecule has 0 aromatic carbocycles. The zero-order chi connectivity index (χ0) is 9.64. The second kappa shape index (κ2) is 2.72. The van der Waals surface area contributed by atoms with Crippen LogP contribution >= 0.6 is 22.9 Å². The van der Waals surface area contributed by atoms with Gasteiger partial charge in [0.15, 0.2) is 10.1 Å². The lowest BCUT2D eigenvalue weighted by Gasteiger charge is -2.17. The molecule has 0 aliphatic carbocycles. The number of hydrogen-bond acceptors (Lipinski definition) is 2. The fraction of sp³-hybridized carbons (Fsp3) is 0.444. The van der Waals surface area contributed by atoms with E-state index in [1.807, 2.05) is 11.6 Å². The number of rotatable bonds is 0. The van der Waals surface area contributed by atoms with E-state index in [4.69, 9.17) is 11.6 Å². The van der Waals surface area contributed by atoms with E-state index < -0.39 is 0 Å². The third-order valence-corrected chi connectivity index (χ3v) is 2.95. The largest absolute Gasteiger partial charge is 0.293 e. The van der Waals surface area contributed by atoms with Gasteiger partial charge in [-0.25, -0.2) is 4.98 Å². The van der Waals surface area contributed by atoms with Gasteiger partial charge in [0.05, 0.1) is 5.69 Å². The Hall–Kier alpha value is -0.540. The summed E-state index contributed by atoms with van der Waals surface area (Å²) in [5.41, 5.74) is 1.13. The number of nitrogens with zero attached hydrogens (tertiary/aromatic N) is 2. The van der Waals surface area contributed by atoms with Crippen LogP contribution in [0.5, 0.6) is 0 Å². The maximum atomic E-state index is 6.07. The van der Waals surface area contributed by atoms with Crippen molar-refractivity contribution in [3.05, 3.63) is 22.4 Å². The number of imidazole rings is 1. The van der Waals surface area contributed by atoms with Crippen molar-refractivity contribution in [1.82, 2.24) is 9.38 Å². The van der Waals surface area contributed by atoms with Gasteiger partial charge in [-0.2, -0.15) is 0 Å². The predicted molar refractivity (Wildman–Crippen MR) is 56.8 cm³/mol. The van der Waals surface area contributed by atoms with Crippen molar-refractivity contribution < 1.29 is 0 Å². The van der Waals surface area contributed by atoms with Gasteiger partial charge in [-0.1, -0.05) is 32.4 Å². The summed E-state index contributed by atoms with van der Waals surface area (Å²) in [6.07, 6.45) is 2.01. The first kappa shape index (κ1) is 9.03. The molecule has 0 amide bonds. The molecule has 0 unspecified atom stereocenters. The maximum absolute atomic E-state index is 6.07. The molecule has 0 bridgehead atoms. The summed E-state index contributed by atoms with van der Waals surface area (Å²) in [6.45, 7) is 6.42. The molecule has 0 spiro atoms. The number of hydrogen-bond donors (Lipinski definition) is 0. The standard InChI is InChI=1S/C9H11ClN2S/c1-9(2,3)6-7(10)11-8-12(6)4-5-13-8/h4-5H,1-3H3. The van der Waals surface area contributed by atoms with Gasteiger partial charge in [-0.3, -0.25) is 4.40 Å². The van der Waals surface area contributed by atoms with E-state index in [0.29, 0.717) is 5.15 Å². The van der Waals surface area contributed by atoms with Gasteiger partial charge in [-0.05, 0) is 0 Å². The molecule has 0 radical (unpaired) electrons. The molecule has 4 heteroatoms. The van der Waals surface area contributed by atoms with Crippen LogP contribution in [0.25, 0.3) is 4.96 Å². The van der Waals surface area contributed by atoms with Crippen LogP contribution in [0.1, 0.15) is 26.5 Å². The topological polar surface area (TPSA) is 17.3 Å². The Labute approximate surface area is 86.2 Å². The molecule has 0 saturated carbocycles. The van der Waals surface area contributed by atoms with E-state index in [-0.39, 0.29) is 5.41 Å². The molecule has 0 atom stereocenters. The lowest BCUT2D eigenvalue weighted by Crippen LogP contribution is -2.14. The Balaban J connectivity index is 2.78. The fourth-order valence-electron chi connectivity index (χ4n) is 1.43. The summed E-state index contributed by atoms with van der Waals surface area (Å²) >= 11 is 7.67. The van der Waals surface area contributed by atoms with Crippen LogP contribution in [-0.2, 0) is 5.41 Å². The first-order valence-electron chi connectivity index (χ1n) is 4.11. The molecule has 13 heavy (non-hydrogen) atoms. The minimum atomic E-state index is 0.0393. The lowest BCUT2D eigenvalue weighted by molar-refractivity contribution is 0.564. The van der Waals surface area contributed by atoms with Crippen molar-refractivity contribution in [2.24, 2.45) is 0 Å². The Bertz CT molecular complexity index is 436. The number of fused-ring (bicyclic) bond motifs is 1. The SMILES string of the molecule is CC(C)(C)c1c(Cl)nc2sccn12. The summed E-state index contributed by atoms with van der Waals surface area (Å²) in [7, 11) is 0. The molecule has 0 N–H and O–H groups in total. The smallest absolute Gasteiger partial charge is 0.195 e. The third kappa shape index (κ3) is 1.36. The van der Waals surface area contributed by atoms with Crippen LogP contribution in [0.4, 0.5) is 0 Å². The number of aromatic nitrogens is 2. The highest BCUT2D eigenvalue weighted by atomic mass is 35.5. The zero-order valence-electron chi connectivity index (χ0n) is 7.84. The monoisotopic (exact) mass is 214 g/mol. The zero-order valence-corrected chi connectivity index (χ0v) is 9.41. The maximum Gasteiger partial charge on any atom is 0.195 e. The second-order valence-electron chi connectivity index (χ2n) is 4.06. The second-order valence-corrected chi connectivity index (χ2v) is 5.29. The Morgan fingerprint density at radius 2 is 2.15 bits per heavy atom. The normalized spacial score (nSPS) is 12.6. The highest BCUT2D eigenvalue weighted by Gasteiger charge is 2.23. The first-order valence-corrected chi connectivity index (χ1v) is 5.37. The van der Waals surface area contributed by atoms with Gasteiger partial charge in [0.25, 0.3) is 0 Å². The van der Waals surface area contributed by atoms with Gasteiger partial charge in [0.1, 0.15) is 0 Å². The third-order valence-electron chi connectivity index (χ3n) is 1.93. The average molecular weight is 215 g/mol. The molecule has 2 rings (SSSR count). The van der Waals surface area contributed by atoms with Gasteiger partial charge in [-0.15, -0.1) is 11.3 Å². The average Bonchev–Trinajstić information content (AvgIpc) is 2.41. The minimum absolute atomic E-state index is 0.0393. The van der Waals surface area contributed by atoms with E-state index in [0.717, 1.165) is 10.7 Å². The van der Waals surface area contributed by atoms with Crippen LogP contribution in [-0.4, -0.2) is 9.38 Å². The summed E-state index contributed by atoms with van der Waals surface area (Å²) < 4.78 is 2.06. The van der Waals surface area contributed by atoms with E-state index in [1.165, 1.54) is 0 Å². The van der Waals surface area contributed by atoms with Gasteiger partial charge < -0.3 is 0 Å². The van der Waals surface area contributed by atoms with Crippen LogP contribution < -0.4 is 0 Å². The van der Waals surface area contributed by atoms with E-state index in [1.54, 1.807) is 11.3 Å². The van der Waals surface area contributed by atoms with Crippen molar-refractivity contribution in [1.29, 1.82) is 0 Å². The van der Waals surface area contributed by atoms with E-state index in [9.17, 15) is 0 Å². The summed E-state index contributed by atoms with van der Waals surface area (Å²) in [5.74, 6) is 0. The van der Waals surface area contributed by atoms with Crippen LogP contribution in [0, 0.1) is 0 Å². The molecule has 0 saturated heterocycles. The van der Waals surface area contributed by atoms with Gasteiger partial charge >= 0.3 is 0 Å². The Morgan fingerprint density at radius 1 is 1.46 bits per heavy atom. The van der Waals surface area contributed by atoms with E-state index >= 15 is 0 Å². The van der Waals surface area contributed by atoms with Crippen molar-refractivity contribution in [3.8, 4) is 0 Å². The molecule has 0 aliphatic heterocycles. The van der Waals surface area contributed by atoms with Gasteiger partial charge in [0, 0.05) is 17.0 Å². The van der Waals surface area contributed by atoms with Crippen LogP contribution in [0.3, 0.4) is 0 Å². The number of thiazole rings is 1. The van der Waals surface area contributed by atoms with Crippen molar-refractivity contribution in [2.75, 3.05) is 0 Å². The molecular formula is C9H11ClN2S. The molecule has 0 fully saturated rings. The summed E-state index contributed by atoms with van der Waals surface area (Å²) in [6, 6.07) is 0. The fourth-order valence-corrected chi connectivity index (χ4v) is 2.65. The quantitative estimate of drug-likeness (QED) is 0.658. The highest BCUT2D eigenvalue weighted by molar-refractivity contribution is 7.15. The highest BCUT2D eigenvalue weighted by Crippen LogP contribution is 2.31. The minimum Gasteiger partial charge on any atom is -0.293 e. The Morgan fingerprint density at radius 3 is 2.77 bits per heavy atom. The predicted octanol–water partition coefficient (Wildman–Crippen LogP) is 3.35.